The third kappa shape index (κ3) is 3.23. The molecule has 18 heavy (non-hydrogen) atoms. The Kier molecular flexibility index (Phi) is 4.20. The highest BCUT2D eigenvalue weighted by Gasteiger charge is 2.01. The predicted octanol–water partition coefficient (Wildman–Crippen LogP) is 3.77. The van der Waals surface area contributed by atoms with Crippen LogP contribution >= 0.6 is 15.9 Å². The Balaban J connectivity index is 2.04. The fourth-order valence-corrected chi connectivity index (χ4v) is 2.24. The number of methoxy groups -OCH3 is 1. The molecule has 4 heteroatoms. The smallest absolute Gasteiger partial charge is 0.133 e. The summed E-state index contributed by atoms with van der Waals surface area (Å²) < 4.78 is 6.14. The lowest BCUT2D eigenvalue weighted by atomic mass is 10.2. The highest BCUT2D eigenvalue weighted by molar-refractivity contribution is 9.10. The van der Waals surface area contributed by atoms with Gasteiger partial charge in [-0.3, -0.25) is 4.98 Å². The molecule has 0 bridgehead atoms. The minimum absolute atomic E-state index is 0.757. The SMILES string of the molecule is COc1ccc(NCc2cncc(C)c2)cc1Br. The summed E-state index contributed by atoms with van der Waals surface area (Å²) in [6.45, 7) is 2.80. The Labute approximate surface area is 115 Å². The van der Waals surface area contributed by atoms with Crippen LogP contribution in [0.3, 0.4) is 0 Å². The van der Waals surface area contributed by atoms with Crippen LogP contribution in [0.5, 0.6) is 5.75 Å². The number of aryl methyl sites for hydroxylation is 1. The summed E-state index contributed by atoms with van der Waals surface area (Å²) in [4.78, 5) is 4.17. The molecule has 0 spiro atoms. The first-order chi connectivity index (χ1) is 8.69. The van der Waals surface area contributed by atoms with Gasteiger partial charge in [-0.05, 0) is 52.2 Å². The van der Waals surface area contributed by atoms with Gasteiger partial charge in [0.05, 0.1) is 11.6 Å². The zero-order chi connectivity index (χ0) is 13.0. The number of hydrogen-bond acceptors (Lipinski definition) is 3. The van der Waals surface area contributed by atoms with Crippen LogP contribution in [0.25, 0.3) is 0 Å². The van der Waals surface area contributed by atoms with Crippen molar-refractivity contribution in [2.75, 3.05) is 12.4 Å². The lowest BCUT2D eigenvalue weighted by molar-refractivity contribution is 0.412. The first-order valence-corrected chi connectivity index (χ1v) is 6.46. The molecule has 0 saturated heterocycles. The van der Waals surface area contributed by atoms with Crippen LogP contribution in [0.1, 0.15) is 11.1 Å². The van der Waals surface area contributed by atoms with Gasteiger partial charge in [0.1, 0.15) is 5.75 Å². The molecule has 1 N–H and O–H groups in total. The zero-order valence-electron chi connectivity index (χ0n) is 10.4. The van der Waals surface area contributed by atoms with Gasteiger partial charge in [0.15, 0.2) is 0 Å². The van der Waals surface area contributed by atoms with E-state index >= 15 is 0 Å². The number of halogens is 1. The standard InChI is InChI=1S/C14H15BrN2O/c1-10-5-11(8-16-7-10)9-17-12-3-4-14(18-2)13(15)6-12/h3-8,17H,9H2,1-2H3. The number of benzene rings is 1. The summed E-state index contributed by atoms with van der Waals surface area (Å²) in [6.07, 6.45) is 3.73. The van der Waals surface area contributed by atoms with Gasteiger partial charge in [-0.1, -0.05) is 6.07 Å². The Morgan fingerprint density at radius 2 is 2.11 bits per heavy atom. The number of rotatable bonds is 4. The van der Waals surface area contributed by atoms with Crippen LogP contribution in [0.15, 0.2) is 41.1 Å². The molecule has 3 nitrogen and oxygen atoms in total. The Hall–Kier alpha value is -1.55. The molecular weight excluding hydrogens is 292 g/mol. The lowest BCUT2D eigenvalue weighted by Gasteiger charge is -2.09. The minimum Gasteiger partial charge on any atom is -0.496 e. The van der Waals surface area contributed by atoms with Gasteiger partial charge in [-0.15, -0.1) is 0 Å². The number of nitrogens with zero attached hydrogens (tertiary/aromatic N) is 1. The van der Waals surface area contributed by atoms with Crippen LogP contribution in [-0.2, 0) is 6.54 Å². The molecule has 0 amide bonds. The molecule has 2 rings (SSSR count). The molecule has 0 aliphatic rings. The van der Waals surface area contributed by atoms with Gasteiger partial charge in [0.25, 0.3) is 0 Å². The molecule has 0 saturated carbocycles. The van der Waals surface area contributed by atoms with Crippen molar-refractivity contribution < 1.29 is 4.74 Å². The number of aromatic nitrogens is 1. The summed E-state index contributed by atoms with van der Waals surface area (Å²) in [7, 11) is 1.66. The molecule has 0 fully saturated rings. The molecule has 0 aliphatic carbocycles. The molecule has 0 aliphatic heterocycles. The number of hydrogen-bond donors (Lipinski definition) is 1. The first kappa shape index (κ1) is 12.9. The van der Waals surface area contributed by atoms with Crippen molar-refractivity contribution in [2.45, 2.75) is 13.5 Å². The Bertz CT molecular complexity index is 543. The quantitative estimate of drug-likeness (QED) is 0.933. The van der Waals surface area contributed by atoms with Crippen LogP contribution in [0.4, 0.5) is 5.69 Å². The van der Waals surface area contributed by atoms with Crippen molar-refractivity contribution in [1.82, 2.24) is 4.98 Å². The monoisotopic (exact) mass is 306 g/mol. The van der Waals surface area contributed by atoms with Crippen LogP contribution < -0.4 is 10.1 Å². The molecule has 2 aromatic rings. The number of ether oxygens (including phenoxy) is 1. The van der Waals surface area contributed by atoms with Gasteiger partial charge < -0.3 is 10.1 Å². The van der Waals surface area contributed by atoms with Gasteiger partial charge in [-0.2, -0.15) is 0 Å². The van der Waals surface area contributed by atoms with Crippen molar-refractivity contribution in [3.05, 3.63) is 52.3 Å². The Morgan fingerprint density at radius 3 is 2.78 bits per heavy atom. The molecule has 1 heterocycles. The van der Waals surface area contributed by atoms with Crippen molar-refractivity contribution in [2.24, 2.45) is 0 Å². The molecule has 0 atom stereocenters. The third-order valence-electron chi connectivity index (χ3n) is 2.58. The highest BCUT2D eigenvalue weighted by atomic mass is 79.9. The lowest BCUT2D eigenvalue weighted by Crippen LogP contribution is -2.00. The van der Waals surface area contributed by atoms with E-state index in [4.69, 9.17) is 4.74 Å². The summed E-state index contributed by atoms with van der Waals surface area (Å²) in [5.74, 6) is 0.831. The first-order valence-electron chi connectivity index (χ1n) is 5.67. The van der Waals surface area contributed by atoms with Crippen molar-refractivity contribution in [3.8, 4) is 5.75 Å². The van der Waals surface area contributed by atoms with E-state index in [0.29, 0.717) is 0 Å². The Morgan fingerprint density at radius 1 is 1.28 bits per heavy atom. The van der Waals surface area contributed by atoms with Gasteiger partial charge >= 0.3 is 0 Å². The second-order valence-corrected chi connectivity index (χ2v) is 4.93. The summed E-state index contributed by atoms with van der Waals surface area (Å²) in [5, 5.41) is 3.35. The van der Waals surface area contributed by atoms with Gasteiger partial charge in [0.2, 0.25) is 0 Å². The van der Waals surface area contributed by atoms with Gasteiger partial charge in [-0.25, -0.2) is 0 Å². The molecule has 0 radical (unpaired) electrons. The van der Waals surface area contributed by atoms with Crippen LogP contribution in [0, 0.1) is 6.92 Å². The molecule has 0 unspecified atom stereocenters. The number of nitrogens with one attached hydrogen (secondary N) is 1. The average Bonchev–Trinajstić information content (AvgIpc) is 2.37. The van der Waals surface area contributed by atoms with Gasteiger partial charge in [0, 0.05) is 24.6 Å². The van der Waals surface area contributed by atoms with Crippen molar-refractivity contribution in [3.63, 3.8) is 0 Å². The number of anilines is 1. The maximum atomic E-state index is 5.19. The number of pyridine rings is 1. The summed E-state index contributed by atoms with van der Waals surface area (Å²) in [5.41, 5.74) is 3.39. The second kappa shape index (κ2) is 5.87. The maximum Gasteiger partial charge on any atom is 0.133 e. The van der Waals surface area contributed by atoms with E-state index in [1.165, 1.54) is 11.1 Å². The van der Waals surface area contributed by atoms with Crippen LogP contribution in [0.2, 0.25) is 0 Å². The topological polar surface area (TPSA) is 34.1 Å². The van der Waals surface area contributed by atoms with Crippen molar-refractivity contribution >= 4 is 21.6 Å². The molecule has 1 aromatic carbocycles. The van der Waals surface area contributed by atoms with Crippen molar-refractivity contribution in [1.29, 1.82) is 0 Å². The van der Waals surface area contributed by atoms with E-state index in [0.717, 1.165) is 22.5 Å². The second-order valence-electron chi connectivity index (χ2n) is 4.07. The van der Waals surface area contributed by atoms with E-state index in [2.05, 4.69) is 32.3 Å². The van der Waals surface area contributed by atoms with E-state index < -0.39 is 0 Å². The normalized spacial score (nSPS) is 10.2. The van der Waals surface area contributed by atoms with E-state index in [1.807, 2.05) is 37.5 Å². The van der Waals surface area contributed by atoms with E-state index in [9.17, 15) is 0 Å². The highest BCUT2D eigenvalue weighted by Crippen LogP contribution is 2.27. The van der Waals surface area contributed by atoms with Crippen LogP contribution in [-0.4, -0.2) is 12.1 Å². The zero-order valence-corrected chi connectivity index (χ0v) is 12.0. The van der Waals surface area contributed by atoms with E-state index in [-0.39, 0.29) is 0 Å². The third-order valence-corrected chi connectivity index (χ3v) is 3.20. The minimum atomic E-state index is 0.757. The summed E-state index contributed by atoms with van der Waals surface area (Å²) in [6, 6.07) is 8.05. The fraction of sp³-hybridized carbons (Fsp3) is 0.214. The molecule has 1 aromatic heterocycles. The summed E-state index contributed by atoms with van der Waals surface area (Å²) >= 11 is 3.47. The molecular formula is C14H15BrN2O. The fourth-order valence-electron chi connectivity index (χ4n) is 1.69. The molecule has 94 valence electrons. The largest absolute Gasteiger partial charge is 0.496 e. The predicted molar refractivity (Wildman–Crippen MR) is 77.0 cm³/mol. The maximum absolute atomic E-state index is 5.19. The van der Waals surface area contributed by atoms with E-state index in [1.54, 1.807) is 7.11 Å². The average molecular weight is 307 g/mol.